The third kappa shape index (κ3) is 2.95. The number of carbonyl (C=O) groups excluding carboxylic acids is 1. The van der Waals surface area contributed by atoms with Gasteiger partial charge in [-0.25, -0.2) is 14.2 Å². The van der Waals surface area contributed by atoms with Crippen LogP contribution in [0.1, 0.15) is 5.56 Å². The molecule has 0 unspecified atom stereocenters. The van der Waals surface area contributed by atoms with Crippen molar-refractivity contribution in [2.75, 3.05) is 19.4 Å². The monoisotopic (exact) mass is 390 g/mol. The van der Waals surface area contributed by atoms with E-state index in [-0.39, 0.29) is 11.3 Å². The first-order valence-corrected chi connectivity index (χ1v) is 7.58. The van der Waals surface area contributed by atoms with Crippen molar-refractivity contribution in [3.05, 3.63) is 29.6 Å². The predicted octanol–water partition coefficient (Wildman–Crippen LogP) is 1.28. The van der Waals surface area contributed by atoms with Gasteiger partial charge in [0.1, 0.15) is 17.3 Å². The summed E-state index contributed by atoms with van der Waals surface area (Å²) in [6, 6.07) is 3.18. The van der Waals surface area contributed by atoms with E-state index in [9.17, 15) is 27.2 Å². The number of ether oxygens (including phenoxy) is 1. The number of halogens is 4. The minimum absolute atomic E-state index is 0.0318. The molecule has 0 aromatic heterocycles. The van der Waals surface area contributed by atoms with E-state index in [0.717, 1.165) is 19.2 Å². The van der Waals surface area contributed by atoms with E-state index in [2.05, 4.69) is 4.99 Å². The molecule has 1 aromatic rings. The van der Waals surface area contributed by atoms with Crippen LogP contribution in [0.4, 0.5) is 28.0 Å². The third-order valence-corrected chi connectivity index (χ3v) is 4.52. The van der Waals surface area contributed by atoms with E-state index in [1.165, 1.54) is 6.07 Å². The molecule has 0 bridgehead atoms. The lowest BCUT2D eigenvalue weighted by Crippen LogP contribution is -2.59. The molecule has 0 saturated carbocycles. The number of benzene rings is 1. The summed E-state index contributed by atoms with van der Waals surface area (Å²) in [6.07, 6.45) is -9.06. The number of amides is 2. The molecule has 0 radical (unpaired) electrons. The van der Waals surface area contributed by atoms with Crippen LogP contribution >= 0.6 is 0 Å². The quantitative estimate of drug-likeness (QED) is 0.493. The molecule has 0 aliphatic carbocycles. The summed E-state index contributed by atoms with van der Waals surface area (Å²) in [5.74, 6) is -4.55. The molecule has 2 aliphatic heterocycles. The number of hydrogen-bond acceptors (Lipinski definition) is 5. The Balaban J connectivity index is 2.26. The Bertz CT molecular complexity index is 844. The average Bonchev–Trinajstić information content (AvgIpc) is 2.95. The number of carboxylic acid groups (broad SMARTS) is 1. The van der Waals surface area contributed by atoms with Gasteiger partial charge in [-0.2, -0.15) is 13.2 Å². The second-order valence-corrected chi connectivity index (χ2v) is 6.18. The van der Waals surface area contributed by atoms with Gasteiger partial charge in [-0.1, -0.05) is 0 Å². The number of nitrogens with two attached hydrogens (primary N) is 1. The molecule has 1 aromatic carbocycles. The maximum atomic E-state index is 14.5. The lowest BCUT2D eigenvalue weighted by atomic mass is 9.76. The molecule has 12 heteroatoms. The topological polar surface area (TPSA) is 117 Å². The van der Waals surface area contributed by atoms with Crippen LogP contribution in [-0.4, -0.2) is 53.9 Å². The van der Waals surface area contributed by atoms with Gasteiger partial charge in [-0.3, -0.25) is 15.0 Å². The number of hydrogen-bond donors (Lipinski definition) is 3. The van der Waals surface area contributed by atoms with Crippen LogP contribution in [0.2, 0.25) is 0 Å². The number of anilines is 1. The molecule has 1 fully saturated rings. The molecular weight excluding hydrogens is 376 g/mol. The zero-order valence-electron chi connectivity index (χ0n) is 13.7. The minimum atomic E-state index is -4.92. The molecule has 3 rings (SSSR count). The molecular formula is C15H14F4N4O4. The highest BCUT2D eigenvalue weighted by Gasteiger charge is 2.66. The van der Waals surface area contributed by atoms with Crippen molar-refractivity contribution in [3.63, 3.8) is 0 Å². The standard InChI is InChI=1S/C15H14F4N4O4/c1-23-11(24)9-10(15(17,18)19)27-5-14(9,22-12(23)21-13(25)26)7-4-6(20)2-3-8(7)16/h2-4,9-10H,5,20H2,1H3,(H,21,22)(H,25,26)/t9-,10-,14+/m0/s1. The number of carbonyl (C=O) groups is 2. The van der Waals surface area contributed by atoms with E-state index in [0.29, 0.717) is 4.90 Å². The van der Waals surface area contributed by atoms with Crippen LogP contribution in [0.5, 0.6) is 0 Å². The third-order valence-electron chi connectivity index (χ3n) is 4.52. The van der Waals surface area contributed by atoms with Gasteiger partial charge in [0.2, 0.25) is 11.9 Å². The largest absolute Gasteiger partial charge is 0.465 e. The summed E-state index contributed by atoms with van der Waals surface area (Å²) in [5, 5.41) is 10.7. The summed E-state index contributed by atoms with van der Waals surface area (Å²) in [4.78, 5) is 28.3. The number of nitrogens with zero attached hydrogens (tertiary/aromatic N) is 2. The average molecular weight is 390 g/mol. The number of fused-ring (bicyclic) bond motifs is 1. The van der Waals surface area contributed by atoms with Crippen molar-refractivity contribution in [3.8, 4) is 0 Å². The molecule has 8 nitrogen and oxygen atoms in total. The first kappa shape index (κ1) is 18.9. The van der Waals surface area contributed by atoms with Crippen LogP contribution in [0, 0.1) is 11.7 Å². The lowest BCUT2D eigenvalue weighted by molar-refractivity contribution is -0.218. The smallest absolute Gasteiger partial charge is 0.415 e. The van der Waals surface area contributed by atoms with Gasteiger partial charge in [0, 0.05) is 18.3 Å². The molecule has 2 heterocycles. The number of guanidine groups is 1. The molecule has 1 saturated heterocycles. The van der Waals surface area contributed by atoms with Crippen LogP contribution in [0.15, 0.2) is 23.2 Å². The van der Waals surface area contributed by atoms with Gasteiger partial charge in [-0.15, -0.1) is 0 Å². The highest BCUT2D eigenvalue weighted by molar-refractivity contribution is 6.05. The van der Waals surface area contributed by atoms with E-state index >= 15 is 0 Å². The number of rotatable bonds is 1. The summed E-state index contributed by atoms with van der Waals surface area (Å²) >= 11 is 0. The summed E-state index contributed by atoms with van der Waals surface area (Å²) in [6.45, 7) is -0.785. The van der Waals surface area contributed by atoms with Crippen LogP contribution in [0.3, 0.4) is 0 Å². The highest BCUT2D eigenvalue weighted by Crippen LogP contribution is 2.50. The van der Waals surface area contributed by atoms with Gasteiger partial charge in [0.15, 0.2) is 6.10 Å². The Morgan fingerprint density at radius 2 is 2.15 bits per heavy atom. The van der Waals surface area contributed by atoms with E-state index < -0.39 is 54.1 Å². The maximum Gasteiger partial charge on any atom is 0.415 e. The van der Waals surface area contributed by atoms with Crippen molar-refractivity contribution in [1.82, 2.24) is 10.2 Å². The molecule has 2 aliphatic rings. The maximum absolute atomic E-state index is 14.5. The number of nitrogens with one attached hydrogen (secondary N) is 1. The summed E-state index contributed by atoms with van der Waals surface area (Å²) in [5.41, 5.74) is 3.15. The SMILES string of the molecule is CN1C(=O)[C@@H]2[C@@H](C(F)(F)F)OC[C@]2(c2cc(N)ccc2F)N=C1NC(=O)O. The summed E-state index contributed by atoms with van der Waals surface area (Å²) in [7, 11) is 1.06. The number of alkyl halides is 3. The van der Waals surface area contributed by atoms with E-state index in [1.54, 1.807) is 0 Å². The Labute approximate surface area is 149 Å². The van der Waals surface area contributed by atoms with Gasteiger partial charge in [-0.05, 0) is 18.2 Å². The fourth-order valence-electron chi connectivity index (χ4n) is 3.34. The van der Waals surface area contributed by atoms with E-state index in [4.69, 9.17) is 15.6 Å². The van der Waals surface area contributed by atoms with Gasteiger partial charge >= 0.3 is 12.3 Å². The first-order chi connectivity index (χ1) is 12.5. The van der Waals surface area contributed by atoms with Crippen LogP contribution in [0.25, 0.3) is 0 Å². The minimum Gasteiger partial charge on any atom is -0.465 e. The molecule has 146 valence electrons. The van der Waals surface area contributed by atoms with Gasteiger partial charge in [0.25, 0.3) is 0 Å². The van der Waals surface area contributed by atoms with Gasteiger partial charge < -0.3 is 15.6 Å². The normalized spacial score (nSPS) is 28.0. The zero-order chi connectivity index (χ0) is 20.1. The molecule has 0 spiro atoms. The van der Waals surface area contributed by atoms with Crippen LogP contribution < -0.4 is 11.1 Å². The fourth-order valence-corrected chi connectivity index (χ4v) is 3.34. The number of nitrogen functional groups attached to an aromatic ring is 1. The Hall–Kier alpha value is -2.89. The van der Waals surface area contributed by atoms with E-state index in [1.807, 2.05) is 5.32 Å². The van der Waals surface area contributed by atoms with Crippen molar-refractivity contribution < 1.29 is 37.0 Å². The van der Waals surface area contributed by atoms with Crippen molar-refractivity contribution in [1.29, 1.82) is 0 Å². The predicted molar refractivity (Wildman–Crippen MR) is 83.1 cm³/mol. The van der Waals surface area contributed by atoms with Gasteiger partial charge in [0.05, 0.1) is 6.61 Å². The highest BCUT2D eigenvalue weighted by atomic mass is 19.4. The lowest BCUT2D eigenvalue weighted by Gasteiger charge is -2.39. The van der Waals surface area contributed by atoms with Crippen molar-refractivity contribution in [2.45, 2.75) is 17.8 Å². The Morgan fingerprint density at radius 1 is 1.48 bits per heavy atom. The Kier molecular flexibility index (Phi) is 4.25. The Morgan fingerprint density at radius 3 is 2.74 bits per heavy atom. The second kappa shape index (κ2) is 6.08. The number of aliphatic imine (C=N–C) groups is 1. The summed E-state index contributed by atoms with van der Waals surface area (Å²) < 4.78 is 59.6. The van der Waals surface area contributed by atoms with Crippen molar-refractivity contribution in [2.24, 2.45) is 10.9 Å². The zero-order valence-corrected chi connectivity index (χ0v) is 13.7. The molecule has 27 heavy (non-hydrogen) atoms. The molecule has 2 amide bonds. The van der Waals surface area contributed by atoms with Crippen LogP contribution in [-0.2, 0) is 15.1 Å². The first-order valence-electron chi connectivity index (χ1n) is 7.58. The van der Waals surface area contributed by atoms with Crippen molar-refractivity contribution >= 4 is 23.6 Å². The second-order valence-electron chi connectivity index (χ2n) is 6.18. The molecule has 3 atom stereocenters. The molecule has 4 N–H and O–H groups in total. The fraction of sp³-hybridized carbons (Fsp3) is 0.400.